The van der Waals surface area contributed by atoms with Crippen LogP contribution in [0.1, 0.15) is 44.0 Å². The van der Waals surface area contributed by atoms with E-state index in [4.69, 9.17) is 16.4 Å². The molecule has 23 heavy (non-hydrogen) atoms. The first kappa shape index (κ1) is 17.9. The fourth-order valence-electron chi connectivity index (χ4n) is 2.43. The number of rotatable bonds is 3. The number of hydrogen-bond donors (Lipinski definition) is 0. The van der Waals surface area contributed by atoms with Crippen LogP contribution >= 0.6 is 11.6 Å². The van der Waals surface area contributed by atoms with Crippen molar-refractivity contribution in [3.63, 3.8) is 0 Å². The minimum absolute atomic E-state index is 0.178. The third kappa shape index (κ3) is 4.75. The molecule has 1 heterocycles. The molecule has 1 atom stereocenters. The van der Waals surface area contributed by atoms with E-state index in [1.165, 1.54) is 17.2 Å². The second kappa shape index (κ2) is 6.97. The second-order valence-electron chi connectivity index (χ2n) is 6.88. The average Bonchev–Trinajstić information content (AvgIpc) is 2.44. The number of Topliss-reactive ketones (excluding diaryl/α,β-unsaturated/α-hetero) is 1. The van der Waals surface area contributed by atoms with Crippen LogP contribution in [0.5, 0.6) is 0 Å². The molecule has 126 valence electrons. The van der Waals surface area contributed by atoms with E-state index in [1.54, 1.807) is 20.8 Å². The Kier molecular flexibility index (Phi) is 5.42. The SMILES string of the molecule is CC(C)(C)C(=O)ON1CCC[C@@H](C(=O)c2cc(F)cc(Cl)c2)C1. The fourth-order valence-corrected chi connectivity index (χ4v) is 2.65. The lowest BCUT2D eigenvalue weighted by molar-refractivity contribution is -0.206. The predicted octanol–water partition coefficient (Wildman–Crippen LogP) is 3.88. The van der Waals surface area contributed by atoms with E-state index in [2.05, 4.69) is 0 Å². The molecule has 1 saturated heterocycles. The number of hydroxylamine groups is 2. The molecule has 2 rings (SSSR count). The summed E-state index contributed by atoms with van der Waals surface area (Å²) in [5, 5.41) is 1.72. The van der Waals surface area contributed by atoms with E-state index in [0.717, 1.165) is 12.5 Å². The van der Waals surface area contributed by atoms with Gasteiger partial charge in [-0.15, -0.1) is 5.06 Å². The summed E-state index contributed by atoms with van der Waals surface area (Å²) in [5.41, 5.74) is -0.350. The molecular weight excluding hydrogens is 321 g/mol. The Morgan fingerprint density at radius 1 is 1.30 bits per heavy atom. The van der Waals surface area contributed by atoms with Crippen LogP contribution in [-0.4, -0.2) is 29.9 Å². The van der Waals surface area contributed by atoms with Gasteiger partial charge in [0.15, 0.2) is 5.78 Å². The topological polar surface area (TPSA) is 46.6 Å². The molecule has 0 spiro atoms. The molecule has 4 nitrogen and oxygen atoms in total. The van der Waals surface area contributed by atoms with Gasteiger partial charge in [-0.2, -0.15) is 0 Å². The quantitative estimate of drug-likeness (QED) is 0.783. The van der Waals surface area contributed by atoms with Gasteiger partial charge in [0.25, 0.3) is 0 Å². The van der Waals surface area contributed by atoms with Gasteiger partial charge in [-0.05, 0) is 51.8 Å². The highest BCUT2D eigenvalue weighted by Crippen LogP contribution is 2.25. The number of nitrogens with zero attached hydrogens (tertiary/aromatic N) is 1. The van der Waals surface area contributed by atoms with Crippen LogP contribution in [0.15, 0.2) is 18.2 Å². The molecule has 0 unspecified atom stereocenters. The van der Waals surface area contributed by atoms with Gasteiger partial charge in [0.05, 0.1) is 5.41 Å². The largest absolute Gasteiger partial charge is 0.367 e. The summed E-state index contributed by atoms with van der Waals surface area (Å²) in [4.78, 5) is 29.9. The fraction of sp³-hybridized carbons (Fsp3) is 0.529. The van der Waals surface area contributed by atoms with Crippen molar-refractivity contribution in [2.45, 2.75) is 33.6 Å². The molecule has 0 bridgehead atoms. The van der Waals surface area contributed by atoms with Crippen LogP contribution in [0.4, 0.5) is 4.39 Å². The molecule has 0 radical (unpaired) electrons. The molecular formula is C17H21ClFNO3. The van der Waals surface area contributed by atoms with E-state index in [-0.39, 0.29) is 28.3 Å². The van der Waals surface area contributed by atoms with Gasteiger partial charge >= 0.3 is 5.97 Å². The Hall–Kier alpha value is -1.46. The lowest BCUT2D eigenvalue weighted by Crippen LogP contribution is -2.42. The molecule has 1 aromatic rings. The smallest absolute Gasteiger partial charge is 0.330 e. The minimum Gasteiger partial charge on any atom is -0.367 e. The maximum Gasteiger partial charge on any atom is 0.330 e. The maximum atomic E-state index is 13.4. The predicted molar refractivity (Wildman–Crippen MR) is 85.6 cm³/mol. The summed E-state index contributed by atoms with van der Waals surface area (Å²) in [6, 6.07) is 3.82. The monoisotopic (exact) mass is 341 g/mol. The summed E-state index contributed by atoms with van der Waals surface area (Å²) in [6.07, 6.45) is 1.41. The van der Waals surface area contributed by atoms with Crippen LogP contribution in [0.3, 0.4) is 0 Å². The number of piperidine rings is 1. The minimum atomic E-state index is -0.604. The van der Waals surface area contributed by atoms with Gasteiger partial charge in [-0.25, -0.2) is 9.18 Å². The highest BCUT2D eigenvalue weighted by Gasteiger charge is 2.31. The zero-order chi connectivity index (χ0) is 17.2. The molecule has 0 aliphatic carbocycles. The van der Waals surface area contributed by atoms with Gasteiger partial charge in [0.2, 0.25) is 0 Å². The van der Waals surface area contributed by atoms with Crippen molar-refractivity contribution in [2.24, 2.45) is 11.3 Å². The highest BCUT2D eigenvalue weighted by atomic mass is 35.5. The Bertz CT molecular complexity index is 592. The number of carbonyl (C=O) groups excluding carboxylic acids is 2. The van der Waals surface area contributed by atoms with Gasteiger partial charge < -0.3 is 4.84 Å². The van der Waals surface area contributed by atoms with E-state index in [9.17, 15) is 14.0 Å². The molecule has 0 amide bonds. The van der Waals surface area contributed by atoms with Crippen molar-refractivity contribution < 1.29 is 18.8 Å². The van der Waals surface area contributed by atoms with Crippen molar-refractivity contribution in [3.05, 3.63) is 34.6 Å². The average molecular weight is 342 g/mol. The Morgan fingerprint density at radius 2 is 2.00 bits per heavy atom. The molecule has 1 aromatic carbocycles. The summed E-state index contributed by atoms with van der Waals surface area (Å²) < 4.78 is 13.4. The van der Waals surface area contributed by atoms with Gasteiger partial charge in [-0.1, -0.05) is 11.6 Å². The molecule has 1 aliphatic rings. The van der Waals surface area contributed by atoms with E-state index < -0.39 is 11.2 Å². The first-order valence-electron chi connectivity index (χ1n) is 7.64. The normalized spacial score (nSPS) is 19.4. The number of hydrogen-bond acceptors (Lipinski definition) is 4. The molecule has 0 aromatic heterocycles. The number of ketones is 1. The zero-order valence-electron chi connectivity index (χ0n) is 13.6. The lowest BCUT2D eigenvalue weighted by atomic mass is 9.90. The van der Waals surface area contributed by atoms with Crippen molar-refractivity contribution in [2.75, 3.05) is 13.1 Å². The summed E-state index contributed by atoms with van der Waals surface area (Å²) >= 11 is 5.81. The molecule has 0 N–H and O–H groups in total. The first-order valence-corrected chi connectivity index (χ1v) is 8.02. The molecule has 1 aliphatic heterocycles. The van der Waals surface area contributed by atoms with Crippen LogP contribution in [0.25, 0.3) is 0 Å². The van der Waals surface area contributed by atoms with E-state index in [0.29, 0.717) is 19.5 Å². The van der Waals surface area contributed by atoms with Crippen LogP contribution < -0.4 is 0 Å². The molecule has 6 heteroatoms. The Labute approximate surface area is 140 Å². The lowest BCUT2D eigenvalue weighted by Gasteiger charge is -2.32. The van der Waals surface area contributed by atoms with Crippen molar-refractivity contribution in [3.8, 4) is 0 Å². The van der Waals surface area contributed by atoms with Crippen molar-refractivity contribution in [1.82, 2.24) is 5.06 Å². The number of benzene rings is 1. The van der Waals surface area contributed by atoms with E-state index >= 15 is 0 Å². The molecule has 0 saturated carbocycles. The molecule has 1 fully saturated rings. The zero-order valence-corrected chi connectivity index (χ0v) is 14.3. The van der Waals surface area contributed by atoms with Crippen LogP contribution in [-0.2, 0) is 9.63 Å². The number of halogens is 2. The maximum absolute atomic E-state index is 13.4. The van der Waals surface area contributed by atoms with E-state index in [1.807, 2.05) is 0 Å². The highest BCUT2D eigenvalue weighted by molar-refractivity contribution is 6.31. The van der Waals surface area contributed by atoms with Crippen LogP contribution in [0, 0.1) is 17.2 Å². The number of carbonyl (C=O) groups is 2. The Balaban J connectivity index is 2.05. The second-order valence-corrected chi connectivity index (χ2v) is 7.31. The summed E-state index contributed by atoms with van der Waals surface area (Å²) in [7, 11) is 0. The third-order valence-electron chi connectivity index (χ3n) is 3.73. The van der Waals surface area contributed by atoms with Crippen molar-refractivity contribution >= 4 is 23.4 Å². The van der Waals surface area contributed by atoms with Crippen LogP contribution in [0.2, 0.25) is 5.02 Å². The van der Waals surface area contributed by atoms with Gasteiger partial charge in [0, 0.05) is 29.6 Å². The third-order valence-corrected chi connectivity index (χ3v) is 3.94. The van der Waals surface area contributed by atoms with Gasteiger partial charge in [-0.3, -0.25) is 4.79 Å². The Morgan fingerprint density at radius 3 is 2.61 bits per heavy atom. The van der Waals surface area contributed by atoms with Crippen molar-refractivity contribution in [1.29, 1.82) is 0 Å². The summed E-state index contributed by atoms with van der Waals surface area (Å²) in [5.74, 6) is -1.38. The summed E-state index contributed by atoms with van der Waals surface area (Å²) in [6.45, 7) is 6.23. The standard InChI is InChI=1S/C17H21ClFNO3/c1-17(2,3)16(22)23-20-6-4-5-11(10-20)15(21)12-7-13(18)9-14(19)8-12/h7-9,11H,4-6,10H2,1-3H3/t11-/m1/s1. The first-order chi connectivity index (χ1) is 10.7. The van der Waals surface area contributed by atoms with Gasteiger partial charge in [0.1, 0.15) is 5.82 Å².